The summed E-state index contributed by atoms with van der Waals surface area (Å²) in [6.45, 7) is 6.81. The molecule has 0 saturated carbocycles. The van der Waals surface area contributed by atoms with Gasteiger partial charge >= 0.3 is 0 Å². The van der Waals surface area contributed by atoms with E-state index in [1.807, 2.05) is 37.0 Å². The number of fused-ring (bicyclic) bond motifs is 1. The molecule has 140 valence electrons. The first kappa shape index (κ1) is 17.5. The van der Waals surface area contributed by atoms with Gasteiger partial charge in [-0.1, -0.05) is 0 Å². The van der Waals surface area contributed by atoms with Crippen molar-refractivity contribution in [3.63, 3.8) is 0 Å². The second kappa shape index (κ2) is 7.00. The maximum absolute atomic E-state index is 11.2. The number of aryl methyl sites for hydroxylation is 2. The zero-order valence-corrected chi connectivity index (χ0v) is 15.7. The summed E-state index contributed by atoms with van der Waals surface area (Å²) in [5.41, 5.74) is 10.2. The molecule has 1 aliphatic rings. The number of aromatic nitrogens is 3. The Morgan fingerprint density at radius 3 is 2.52 bits per heavy atom. The molecule has 0 aliphatic carbocycles. The summed E-state index contributed by atoms with van der Waals surface area (Å²) in [5, 5.41) is 5.57. The number of hydrogen-bond acceptors (Lipinski definition) is 5. The van der Waals surface area contributed by atoms with Gasteiger partial charge in [-0.25, -0.2) is 4.98 Å². The van der Waals surface area contributed by atoms with E-state index in [1.165, 1.54) is 5.56 Å². The van der Waals surface area contributed by atoms with E-state index < -0.39 is 0 Å². The second-order valence-corrected chi connectivity index (χ2v) is 7.10. The van der Waals surface area contributed by atoms with Crippen LogP contribution < -0.4 is 10.6 Å². The Kier molecular flexibility index (Phi) is 4.53. The SMILES string of the molecule is Cc1nn(C)c2ncc(CN3CCN(c4ccc(C(N)=O)cc4)CC3)cc12. The van der Waals surface area contributed by atoms with Crippen LogP contribution in [-0.2, 0) is 13.6 Å². The number of piperazine rings is 1. The molecule has 0 bridgehead atoms. The van der Waals surface area contributed by atoms with E-state index >= 15 is 0 Å². The van der Waals surface area contributed by atoms with E-state index in [0.29, 0.717) is 5.56 Å². The molecule has 1 aromatic carbocycles. The molecule has 1 fully saturated rings. The lowest BCUT2D eigenvalue weighted by molar-refractivity contribution is 0.100. The van der Waals surface area contributed by atoms with Crippen LogP contribution in [0, 0.1) is 6.92 Å². The van der Waals surface area contributed by atoms with Crippen LogP contribution in [0.15, 0.2) is 36.5 Å². The molecule has 3 heterocycles. The number of anilines is 1. The highest BCUT2D eigenvalue weighted by atomic mass is 16.1. The molecular formula is C20H24N6O. The van der Waals surface area contributed by atoms with E-state index in [-0.39, 0.29) is 5.91 Å². The van der Waals surface area contributed by atoms with Crippen LogP contribution >= 0.6 is 0 Å². The first-order valence-electron chi connectivity index (χ1n) is 9.16. The number of hydrogen-bond donors (Lipinski definition) is 1. The molecule has 0 radical (unpaired) electrons. The number of primary amides is 1. The van der Waals surface area contributed by atoms with Crippen molar-refractivity contribution < 1.29 is 4.79 Å². The maximum Gasteiger partial charge on any atom is 0.248 e. The van der Waals surface area contributed by atoms with Crippen LogP contribution in [0.2, 0.25) is 0 Å². The average molecular weight is 364 g/mol. The van der Waals surface area contributed by atoms with Crippen LogP contribution in [0.4, 0.5) is 5.69 Å². The predicted octanol–water partition coefficient (Wildman–Crippen LogP) is 1.70. The van der Waals surface area contributed by atoms with Gasteiger partial charge in [0.15, 0.2) is 5.65 Å². The number of nitrogens with two attached hydrogens (primary N) is 1. The second-order valence-electron chi connectivity index (χ2n) is 7.10. The van der Waals surface area contributed by atoms with Crippen LogP contribution in [0.3, 0.4) is 0 Å². The van der Waals surface area contributed by atoms with Crippen LogP contribution in [0.5, 0.6) is 0 Å². The zero-order valence-electron chi connectivity index (χ0n) is 15.7. The van der Waals surface area contributed by atoms with Crippen LogP contribution in [0.25, 0.3) is 11.0 Å². The maximum atomic E-state index is 11.2. The normalized spacial score (nSPS) is 15.4. The Morgan fingerprint density at radius 2 is 1.85 bits per heavy atom. The van der Waals surface area contributed by atoms with E-state index in [4.69, 9.17) is 5.73 Å². The van der Waals surface area contributed by atoms with Gasteiger partial charge in [0, 0.05) is 62.6 Å². The molecule has 0 unspecified atom stereocenters. The lowest BCUT2D eigenvalue weighted by Crippen LogP contribution is -2.46. The van der Waals surface area contributed by atoms with Crippen LogP contribution in [-0.4, -0.2) is 51.8 Å². The Hall–Kier alpha value is -2.93. The minimum absolute atomic E-state index is 0.388. The minimum atomic E-state index is -0.388. The molecule has 7 nitrogen and oxygen atoms in total. The van der Waals surface area contributed by atoms with E-state index in [9.17, 15) is 4.79 Å². The Labute approximate surface area is 158 Å². The fraction of sp³-hybridized carbons (Fsp3) is 0.350. The van der Waals surface area contributed by atoms with Crippen LogP contribution in [0.1, 0.15) is 21.6 Å². The smallest absolute Gasteiger partial charge is 0.248 e. The number of carbonyl (C=O) groups is 1. The molecule has 27 heavy (non-hydrogen) atoms. The minimum Gasteiger partial charge on any atom is -0.369 e. The molecular weight excluding hydrogens is 340 g/mol. The highest BCUT2D eigenvalue weighted by Gasteiger charge is 2.18. The third-order valence-electron chi connectivity index (χ3n) is 5.22. The number of nitrogens with zero attached hydrogens (tertiary/aromatic N) is 5. The molecule has 2 N–H and O–H groups in total. The fourth-order valence-corrected chi connectivity index (χ4v) is 3.70. The molecule has 0 spiro atoms. The Balaban J connectivity index is 1.39. The highest BCUT2D eigenvalue weighted by Crippen LogP contribution is 2.20. The molecule has 4 rings (SSSR count). The number of amides is 1. The first-order chi connectivity index (χ1) is 13.0. The van der Waals surface area contributed by atoms with Gasteiger partial charge in [0.1, 0.15) is 0 Å². The largest absolute Gasteiger partial charge is 0.369 e. The van der Waals surface area contributed by atoms with Crippen molar-refractivity contribution >= 4 is 22.6 Å². The monoisotopic (exact) mass is 364 g/mol. The average Bonchev–Trinajstić information content (AvgIpc) is 2.96. The third-order valence-corrected chi connectivity index (χ3v) is 5.22. The molecule has 2 aromatic heterocycles. The van der Waals surface area contributed by atoms with E-state index in [1.54, 1.807) is 12.1 Å². The van der Waals surface area contributed by atoms with Gasteiger partial charge in [-0.2, -0.15) is 5.10 Å². The summed E-state index contributed by atoms with van der Waals surface area (Å²) in [7, 11) is 1.93. The van der Waals surface area contributed by atoms with E-state index in [0.717, 1.165) is 55.1 Å². The number of pyridine rings is 1. The zero-order chi connectivity index (χ0) is 19.0. The summed E-state index contributed by atoms with van der Waals surface area (Å²) in [5.74, 6) is -0.388. The molecule has 7 heteroatoms. The number of benzene rings is 1. The Morgan fingerprint density at radius 1 is 1.15 bits per heavy atom. The van der Waals surface area contributed by atoms with Crippen molar-refractivity contribution in [1.82, 2.24) is 19.7 Å². The van der Waals surface area contributed by atoms with E-state index in [2.05, 4.69) is 25.9 Å². The molecule has 1 aliphatic heterocycles. The predicted molar refractivity (Wildman–Crippen MR) is 106 cm³/mol. The summed E-state index contributed by atoms with van der Waals surface area (Å²) in [4.78, 5) is 20.6. The van der Waals surface area contributed by atoms with Crippen molar-refractivity contribution in [3.05, 3.63) is 53.3 Å². The summed E-state index contributed by atoms with van der Waals surface area (Å²) >= 11 is 0. The number of rotatable bonds is 4. The number of carbonyl (C=O) groups excluding carboxylic acids is 1. The van der Waals surface area contributed by atoms with Crippen molar-refractivity contribution in [1.29, 1.82) is 0 Å². The Bertz CT molecular complexity index is 970. The third kappa shape index (κ3) is 3.50. The fourth-order valence-electron chi connectivity index (χ4n) is 3.70. The first-order valence-corrected chi connectivity index (χ1v) is 9.16. The molecule has 0 atom stereocenters. The molecule has 1 amide bonds. The van der Waals surface area contributed by atoms with Gasteiger partial charge in [-0.15, -0.1) is 0 Å². The lowest BCUT2D eigenvalue weighted by atomic mass is 10.1. The highest BCUT2D eigenvalue weighted by molar-refractivity contribution is 5.93. The quantitative estimate of drug-likeness (QED) is 0.762. The van der Waals surface area contributed by atoms with Gasteiger partial charge in [-0.05, 0) is 42.8 Å². The van der Waals surface area contributed by atoms with Crippen molar-refractivity contribution in [2.75, 3.05) is 31.1 Å². The summed E-state index contributed by atoms with van der Waals surface area (Å²) in [6.07, 6.45) is 1.96. The van der Waals surface area contributed by atoms with Gasteiger partial charge < -0.3 is 10.6 Å². The lowest BCUT2D eigenvalue weighted by Gasteiger charge is -2.36. The summed E-state index contributed by atoms with van der Waals surface area (Å²) in [6, 6.07) is 9.74. The molecule has 3 aromatic rings. The summed E-state index contributed by atoms with van der Waals surface area (Å²) < 4.78 is 1.83. The van der Waals surface area contributed by atoms with Crippen molar-refractivity contribution in [2.24, 2.45) is 12.8 Å². The van der Waals surface area contributed by atoms with Gasteiger partial charge in [0.25, 0.3) is 0 Å². The van der Waals surface area contributed by atoms with Crippen molar-refractivity contribution in [2.45, 2.75) is 13.5 Å². The standard InChI is InChI=1S/C20H24N6O/c1-14-18-11-15(12-22-20(18)24(2)23-14)13-25-7-9-26(10-8-25)17-5-3-16(4-6-17)19(21)27/h3-6,11-12H,7-10,13H2,1-2H3,(H2,21,27). The topological polar surface area (TPSA) is 80.3 Å². The molecule has 1 saturated heterocycles. The van der Waals surface area contributed by atoms with Gasteiger partial charge in [0.05, 0.1) is 5.69 Å². The van der Waals surface area contributed by atoms with Gasteiger partial charge in [-0.3, -0.25) is 14.4 Å². The van der Waals surface area contributed by atoms with Crippen molar-refractivity contribution in [3.8, 4) is 0 Å². The van der Waals surface area contributed by atoms with Gasteiger partial charge in [0.2, 0.25) is 5.91 Å².